The zero-order valence-corrected chi connectivity index (χ0v) is 9.59. The number of carbonyl (C=O) groups is 2. The number of nitrogens with two attached hydrogens (primary N) is 1. The van der Waals surface area contributed by atoms with Crippen LogP contribution in [0.4, 0.5) is 0 Å². The highest BCUT2D eigenvalue weighted by Gasteiger charge is 2.19. The summed E-state index contributed by atoms with van der Waals surface area (Å²) in [7, 11) is 0. The molecule has 0 spiro atoms. The minimum atomic E-state index is -0.969. The number of carbonyl (C=O) groups excluding carboxylic acids is 1. The van der Waals surface area contributed by atoms with Gasteiger partial charge in [0.1, 0.15) is 0 Å². The largest absolute Gasteiger partial charge is 0.481 e. The summed E-state index contributed by atoms with van der Waals surface area (Å²) >= 11 is 0. The number of amides is 1. The van der Waals surface area contributed by atoms with Crippen molar-refractivity contribution in [1.29, 1.82) is 0 Å². The quantitative estimate of drug-likeness (QED) is 0.700. The number of hydrogen-bond donors (Lipinski definition) is 3. The van der Waals surface area contributed by atoms with Crippen molar-refractivity contribution in [2.24, 2.45) is 5.73 Å². The van der Waals surface area contributed by atoms with Gasteiger partial charge in [0.25, 0.3) is 0 Å². The zero-order chi connectivity index (χ0) is 12.8. The zero-order valence-electron chi connectivity index (χ0n) is 9.59. The molecule has 0 saturated heterocycles. The molecule has 0 bridgehead atoms. The molecule has 4 N–H and O–H groups in total. The lowest BCUT2D eigenvalue weighted by Crippen LogP contribution is -2.40. The summed E-state index contributed by atoms with van der Waals surface area (Å²) in [5, 5.41) is 11.4. The van der Waals surface area contributed by atoms with Crippen LogP contribution >= 0.6 is 0 Å². The number of carboxylic acid groups (broad SMARTS) is 1. The Kier molecular flexibility index (Phi) is 4.66. The summed E-state index contributed by atoms with van der Waals surface area (Å²) in [5.41, 5.74) is 6.19. The second-order valence-electron chi connectivity index (χ2n) is 3.86. The minimum absolute atomic E-state index is 0.164. The van der Waals surface area contributed by atoms with Crippen LogP contribution in [0.3, 0.4) is 0 Å². The maximum Gasteiger partial charge on any atom is 0.305 e. The molecule has 0 saturated carbocycles. The van der Waals surface area contributed by atoms with Crippen LogP contribution in [0, 0.1) is 0 Å². The molecule has 1 aromatic rings. The predicted molar refractivity (Wildman–Crippen MR) is 63.2 cm³/mol. The summed E-state index contributed by atoms with van der Waals surface area (Å²) in [6.45, 7) is 1.55. The van der Waals surface area contributed by atoms with E-state index in [1.165, 1.54) is 0 Å². The summed E-state index contributed by atoms with van der Waals surface area (Å²) in [5.74, 6) is -1.33. The van der Waals surface area contributed by atoms with Gasteiger partial charge < -0.3 is 16.2 Å². The Morgan fingerprint density at radius 3 is 2.41 bits per heavy atom. The number of hydrogen-bond acceptors (Lipinski definition) is 3. The standard InChI is InChI=1S/C12H16N2O3/c1-8(13)12(17)14-10(7-11(15)16)9-5-3-2-4-6-9/h2-6,8,10H,7,13H2,1H3,(H,14,17)(H,15,16)/t8-,10-/m1/s1. The monoisotopic (exact) mass is 236 g/mol. The molecule has 1 aromatic carbocycles. The second-order valence-corrected chi connectivity index (χ2v) is 3.86. The average molecular weight is 236 g/mol. The van der Waals surface area contributed by atoms with E-state index in [1.807, 2.05) is 6.07 Å². The first-order valence-electron chi connectivity index (χ1n) is 5.33. The molecule has 5 heteroatoms. The average Bonchev–Trinajstić information content (AvgIpc) is 2.28. The van der Waals surface area contributed by atoms with Crippen LogP contribution in [0.15, 0.2) is 30.3 Å². The normalized spacial score (nSPS) is 13.8. The van der Waals surface area contributed by atoms with Gasteiger partial charge in [-0.25, -0.2) is 0 Å². The van der Waals surface area contributed by atoms with Crippen molar-refractivity contribution in [1.82, 2.24) is 5.32 Å². The molecular formula is C12H16N2O3. The van der Waals surface area contributed by atoms with Crippen molar-refractivity contribution < 1.29 is 14.7 Å². The third-order valence-corrected chi connectivity index (χ3v) is 2.31. The lowest BCUT2D eigenvalue weighted by molar-refractivity contribution is -0.137. The number of aliphatic carboxylic acids is 1. The molecule has 5 nitrogen and oxygen atoms in total. The van der Waals surface area contributed by atoms with E-state index in [2.05, 4.69) is 5.32 Å². The Labute approximate surface area is 99.6 Å². The van der Waals surface area contributed by atoms with Crippen LogP contribution < -0.4 is 11.1 Å². The van der Waals surface area contributed by atoms with Gasteiger partial charge in [0, 0.05) is 0 Å². The molecule has 0 unspecified atom stereocenters. The topological polar surface area (TPSA) is 92.4 Å². The van der Waals surface area contributed by atoms with Gasteiger partial charge >= 0.3 is 5.97 Å². The first kappa shape index (κ1) is 13.2. The van der Waals surface area contributed by atoms with E-state index in [4.69, 9.17) is 10.8 Å². The lowest BCUT2D eigenvalue weighted by Gasteiger charge is -2.18. The van der Waals surface area contributed by atoms with E-state index in [-0.39, 0.29) is 12.3 Å². The van der Waals surface area contributed by atoms with Crippen molar-refractivity contribution in [2.45, 2.75) is 25.4 Å². The van der Waals surface area contributed by atoms with Crippen molar-refractivity contribution in [3.8, 4) is 0 Å². The van der Waals surface area contributed by atoms with Crippen molar-refractivity contribution in [3.05, 3.63) is 35.9 Å². The van der Waals surface area contributed by atoms with Crippen LogP contribution in [0.25, 0.3) is 0 Å². The van der Waals surface area contributed by atoms with Gasteiger partial charge in [-0.1, -0.05) is 30.3 Å². The maximum absolute atomic E-state index is 11.5. The summed E-state index contributed by atoms with van der Waals surface area (Å²) in [6, 6.07) is 7.76. The van der Waals surface area contributed by atoms with Crippen LogP contribution in [0.1, 0.15) is 24.9 Å². The van der Waals surface area contributed by atoms with Gasteiger partial charge in [-0.3, -0.25) is 9.59 Å². The van der Waals surface area contributed by atoms with Gasteiger partial charge in [-0.2, -0.15) is 0 Å². The lowest BCUT2D eigenvalue weighted by atomic mass is 10.0. The van der Waals surface area contributed by atoms with Crippen LogP contribution in [0.5, 0.6) is 0 Å². The highest BCUT2D eigenvalue weighted by Crippen LogP contribution is 2.16. The molecule has 0 aliphatic carbocycles. The summed E-state index contributed by atoms with van der Waals surface area (Å²) in [6.07, 6.45) is -0.164. The Morgan fingerprint density at radius 1 is 1.35 bits per heavy atom. The molecule has 0 radical (unpaired) electrons. The van der Waals surface area contributed by atoms with Gasteiger partial charge in [0.15, 0.2) is 0 Å². The molecule has 92 valence electrons. The third kappa shape index (κ3) is 4.24. The second kappa shape index (κ2) is 6.00. The van der Waals surface area contributed by atoms with Crippen LogP contribution in [-0.4, -0.2) is 23.0 Å². The van der Waals surface area contributed by atoms with E-state index in [0.29, 0.717) is 0 Å². The number of nitrogens with one attached hydrogen (secondary N) is 1. The smallest absolute Gasteiger partial charge is 0.305 e. The molecule has 0 aliphatic rings. The van der Waals surface area contributed by atoms with E-state index in [1.54, 1.807) is 31.2 Å². The van der Waals surface area contributed by atoms with Gasteiger partial charge in [0.2, 0.25) is 5.91 Å². The molecule has 1 rings (SSSR count). The maximum atomic E-state index is 11.5. The Balaban J connectivity index is 2.81. The van der Waals surface area contributed by atoms with Crippen molar-refractivity contribution in [3.63, 3.8) is 0 Å². The summed E-state index contributed by atoms with van der Waals surface area (Å²) < 4.78 is 0. The Bertz CT molecular complexity index is 390. The summed E-state index contributed by atoms with van der Waals surface area (Å²) in [4.78, 5) is 22.2. The molecule has 0 heterocycles. The van der Waals surface area contributed by atoms with Crippen molar-refractivity contribution >= 4 is 11.9 Å². The van der Waals surface area contributed by atoms with E-state index >= 15 is 0 Å². The Morgan fingerprint density at radius 2 is 1.94 bits per heavy atom. The molecular weight excluding hydrogens is 220 g/mol. The molecule has 0 aromatic heterocycles. The Hall–Kier alpha value is -1.88. The molecule has 0 aliphatic heterocycles. The number of rotatable bonds is 5. The fourth-order valence-electron chi connectivity index (χ4n) is 1.42. The molecule has 2 atom stereocenters. The third-order valence-electron chi connectivity index (χ3n) is 2.31. The van der Waals surface area contributed by atoms with Gasteiger partial charge in [0.05, 0.1) is 18.5 Å². The first-order valence-corrected chi connectivity index (χ1v) is 5.33. The van der Waals surface area contributed by atoms with Crippen LogP contribution in [-0.2, 0) is 9.59 Å². The number of benzene rings is 1. The van der Waals surface area contributed by atoms with E-state index in [9.17, 15) is 9.59 Å². The van der Waals surface area contributed by atoms with Gasteiger partial charge in [-0.05, 0) is 12.5 Å². The van der Waals surface area contributed by atoms with Crippen LogP contribution in [0.2, 0.25) is 0 Å². The minimum Gasteiger partial charge on any atom is -0.481 e. The SMILES string of the molecule is C[C@@H](N)C(=O)N[C@H](CC(=O)O)c1ccccc1. The van der Waals surface area contributed by atoms with E-state index in [0.717, 1.165) is 5.56 Å². The first-order chi connectivity index (χ1) is 8.00. The highest BCUT2D eigenvalue weighted by atomic mass is 16.4. The predicted octanol–water partition coefficient (Wildman–Crippen LogP) is 0.666. The molecule has 0 fully saturated rings. The fourth-order valence-corrected chi connectivity index (χ4v) is 1.42. The van der Waals surface area contributed by atoms with Gasteiger partial charge in [-0.15, -0.1) is 0 Å². The molecule has 17 heavy (non-hydrogen) atoms. The fraction of sp³-hybridized carbons (Fsp3) is 0.333. The number of carboxylic acids is 1. The van der Waals surface area contributed by atoms with Crippen molar-refractivity contribution in [2.75, 3.05) is 0 Å². The molecule has 1 amide bonds. The highest BCUT2D eigenvalue weighted by molar-refractivity contribution is 5.82. The van der Waals surface area contributed by atoms with E-state index < -0.39 is 18.1 Å².